The van der Waals surface area contributed by atoms with Gasteiger partial charge in [0.05, 0.1) is 24.1 Å². The largest absolute Gasteiger partial charge is 0.465 e. The Bertz CT molecular complexity index is 613. The number of methoxy groups -OCH3 is 1. The van der Waals surface area contributed by atoms with Gasteiger partial charge < -0.3 is 10.1 Å². The van der Waals surface area contributed by atoms with Crippen molar-refractivity contribution in [1.82, 2.24) is 10.0 Å². The molecule has 8 heteroatoms. The Labute approximate surface area is 123 Å². The number of esters is 1. The van der Waals surface area contributed by atoms with Crippen LogP contribution in [0.2, 0.25) is 0 Å². The lowest BCUT2D eigenvalue weighted by atomic mass is 10.2. The first-order valence-electron chi connectivity index (χ1n) is 6.36. The highest BCUT2D eigenvalue weighted by Gasteiger charge is 2.22. The van der Waals surface area contributed by atoms with Gasteiger partial charge in [0.25, 0.3) is 0 Å². The monoisotopic (exact) mass is 314 g/mol. The Balaban J connectivity index is 2.89. The number of hydrogen-bond acceptors (Lipinski definition) is 5. The highest BCUT2D eigenvalue weighted by Crippen LogP contribution is 2.15. The van der Waals surface area contributed by atoms with E-state index in [1.54, 1.807) is 0 Å². The Morgan fingerprint density at radius 2 is 1.90 bits per heavy atom. The summed E-state index contributed by atoms with van der Waals surface area (Å²) in [6, 6.07) is 5.63. The second kappa shape index (κ2) is 7.75. The van der Waals surface area contributed by atoms with Gasteiger partial charge >= 0.3 is 5.97 Å². The average Bonchev–Trinajstić information content (AvgIpc) is 2.50. The molecule has 7 nitrogen and oxygen atoms in total. The molecule has 0 bridgehead atoms. The van der Waals surface area contributed by atoms with E-state index in [0.29, 0.717) is 6.54 Å². The Morgan fingerprint density at radius 3 is 2.52 bits per heavy atom. The number of hydrogen-bond donors (Lipinski definition) is 2. The zero-order valence-electron chi connectivity index (χ0n) is 11.9. The van der Waals surface area contributed by atoms with Crippen LogP contribution in [-0.4, -0.2) is 40.5 Å². The molecule has 116 valence electrons. The molecule has 0 saturated carbocycles. The van der Waals surface area contributed by atoms with Gasteiger partial charge in [-0.1, -0.05) is 19.1 Å². The molecule has 0 spiro atoms. The second-order valence-electron chi connectivity index (χ2n) is 4.16. The van der Waals surface area contributed by atoms with Crippen molar-refractivity contribution < 1.29 is 22.7 Å². The number of sulfonamides is 1. The van der Waals surface area contributed by atoms with Gasteiger partial charge in [0.2, 0.25) is 15.9 Å². The van der Waals surface area contributed by atoms with Gasteiger partial charge in [-0.05, 0) is 18.6 Å². The molecular formula is C13H18N2O5S. The number of amides is 1. The fraction of sp³-hybridized carbons (Fsp3) is 0.385. The van der Waals surface area contributed by atoms with Gasteiger partial charge in [-0.15, -0.1) is 0 Å². The molecule has 0 fully saturated rings. The summed E-state index contributed by atoms with van der Waals surface area (Å²) in [6.45, 7) is 1.97. The van der Waals surface area contributed by atoms with Crippen molar-refractivity contribution in [3.63, 3.8) is 0 Å². The fourth-order valence-electron chi connectivity index (χ4n) is 1.54. The maximum absolute atomic E-state index is 12.2. The average molecular weight is 314 g/mol. The van der Waals surface area contributed by atoms with Crippen LogP contribution in [0, 0.1) is 0 Å². The normalized spacial score (nSPS) is 11.0. The minimum atomic E-state index is -3.98. The lowest BCUT2D eigenvalue weighted by Crippen LogP contribution is -2.37. The molecule has 0 atom stereocenters. The quantitative estimate of drug-likeness (QED) is 0.704. The molecule has 1 aromatic carbocycles. The van der Waals surface area contributed by atoms with Crippen molar-refractivity contribution in [1.29, 1.82) is 0 Å². The molecule has 1 amide bonds. The van der Waals surface area contributed by atoms with Crippen LogP contribution in [0.25, 0.3) is 0 Å². The van der Waals surface area contributed by atoms with Gasteiger partial charge in [-0.3, -0.25) is 4.79 Å². The number of carbonyl (C=O) groups is 2. The summed E-state index contributed by atoms with van der Waals surface area (Å²) in [4.78, 5) is 22.8. The molecule has 0 radical (unpaired) electrons. The van der Waals surface area contributed by atoms with Crippen molar-refractivity contribution >= 4 is 21.9 Å². The standard InChI is InChI=1S/C13H18N2O5S/c1-3-8-14-12(16)9-15-21(18,19)11-7-5-4-6-10(11)13(17)20-2/h4-7,15H,3,8-9H2,1-2H3,(H,14,16). The van der Waals surface area contributed by atoms with E-state index in [0.717, 1.165) is 13.5 Å². The van der Waals surface area contributed by atoms with Crippen LogP contribution in [0.4, 0.5) is 0 Å². The van der Waals surface area contributed by atoms with Crippen molar-refractivity contribution in [3.8, 4) is 0 Å². The predicted molar refractivity (Wildman–Crippen MR) is 76.3 cm³/mol. The highest BCUT2D eigenvalue weighted by atomic mass is 32.2. The third kappa shape index (κ3) is 4.83. The molecule has 0 saturated heterocycles. The third-order valence-electron chi connectivity index (χ3n) is 2.58. The van der Waals surface area contributed by atoms with Crippen LogP contribution in [0.15, 0.2) is 29.2 Å². The summed E-state index contributed by atoms with van der Waals surface area (Å²) in [5.74, 6) is -1.19. The molecule has 0 heterocycles. The van der Waals surface area contributed by atoms with E-state index in [1.807, 2.05) is 6.92 Å². The second-order valence-corrected chi connectivity index (χ2v) is 5.90. The highest BCUT2D eigenvalue weighted by molar-refractivity contribution is 7.89. The summed E-state index contributed by atoms with van der Waals surface area (Å²) in [7, 11) is -2.81. The van der Waals surface area contributed by atoms with Gasteiger partial charge in [-0.2, -0.15) is 0 Å². The van der Waals surface area contributed by atoms with E-state index in [2.05, 4.69) is 14.8 Å². The van der Waals surface area contributed by atoms with E-state index in [4.69, 9.17) is 0 Å². The van der Waals surface area contributed by atoms with Crippen LogP contribution < -0.4 is 10.0 Å². The molecule has 21 heavy (non-hydrogen) atoms. The Morgan fingerprint density at radius 1 is 1.24 bits per heavy atom. The molecule has 1 rings (SSSR count). The minimum absolute atomic E-state index is 0.0820. The summed E-state index contributed by atoms with van der Waals surface area (Å²) >= 11 is 0. The molecule has 0 aromatic heterocycles. The van der Waals surface area contributed by atoms with Crippen LogP contribution in [0.5, 0.6) is 0 Å². The first-order valence-corrected chi connectivity index (χ1v) is 7.84. The molecule has 0 aliphatic heterocycles. The van der Waals surface area contributed by atoms with Crippen molar-refractivity contribution in [2.24, 2.45) is 0 Å². The lowest BCUT2D eigenvalue weighted by molar-refractivity contribution is -0.119. The van der Waals surface area contributed by atoms with Crippen LogP contribution in [0.3, 0.4) is 0 Å². The van der Waals surface area contributed by atoms with Gasteiger partial charge in [0.15, 0.2) is 0 Å². The number of benzene rings is 1. The van der Waals surface area contributed by atoms with Gasteiger partial charge in [-0.25, -0.2) is 17.9 Å². The van der Waals surface area contributed by atoms with Gasteiger partial charge in [0.1, 0.15) is 0 Å². The maximum atomic E-state index is 12.2. The Kier molecular flexibility index (Phi) is 6.32. The molecule has 1 aromatic rings. The number of rotatable bonds is 7. The molecule has 0 aliphatic carbocycles. The predicted octanol–water partition coefficient (Wildman–Crippen LogP) is 0.278. The minimum Gasteiger partial charge on any atom is -0.465 e. The van der Waals surface area contributed by atoms with Crippen LogP contribution in [0.1, 0.15) is 23.7 Å². The molecule has 0 unspecified atom stereocenters. The molecule has 2 N–H and O–H groups in total. The van der Waals surface area contributed by atoms with Gasteiger partial charge in [0, 0.05) is 6.54 Å². The smallest absolute Gasteiger partial charge is 0.339 e. The van der Waals surface area contributed by atoms with E-state index in [-0.39, 0.29) is 10.5 Å². The third-order valence-corrected chi connectivity index (χ3v) is 4.04. The summed E-state index contributed by atoms with van der Waals surface area (Å²) < 4.78 is 31.0. The van der Waals surface area contributed by atoms with Crippen molar-refractivity contribution in [2.45, 2.75) is 18.2 Å². The molecular weight excluding hydrogens is 296 g/mol. The van der Waals surface area contributed by atoms with Crippen LogP contribution >= 0.6 is 0 Å². The maximum Gasteiger partial charge on any atom is 0.339 e. The summed E-state index contributed by atoms with van der Waals surface area (Å²) in [5.41, 5.74) is -0.0820. The topological polar surface area (TPSA) is 102 Å². The van der Waals surface area contributed by atoms with E-state index < -0.39 is 28.4 Å². The van der Waals surface area contributed by atoms with Crippen LogP contribution in [-0.2, 0) is 19.6 Å². The fourth-order valence-corrected chi connectivity index (χ4v) is 2.72. The number of ether oxygens (including phenoxy) is 1. The summed E-state index contributed by atoms with van der Waals surface area (Å²) in [5, 5.41) is 2.55. The number of carbonyl (C=O) groups excluding carboxylic acids is 2. The van der Waals surface area contributed by atoms with E-state index >= 15 is 0 Å². The first kappa shape index (κ1) is 17.1. The first-order chi connectivity index (χ1) is 9.92. The lowest BCUT2D eigenvalue weighted by Gasteiger charge is -2.10. The SMILES string of the molecule is CCCNC(=O)CNS(=O)(=O)c1ccccc1C(=O)OC. The Hall–Kier alpha value is -1.93. The zero-order valence-corrected chi connectivity index (χ0v) is 12.7. The zero-order chi connectivity index (χ0) is 15.9. The van der Waals surface area contributed by atoms with Crippen molar-refractivity contribution in [2.75, 3.05) is 20.2 Å². The van der Waals surface area contributed by atoms with E-state index in [9.17, 15) is 18.0 Å². The van der Waals surface area contributed by atoms with Crippen molar-refractivity contribution in [3.05, 3.63) is 29.8 Å². The van der Waals surface area contributed by atoms with E-state index in [1.165, 1.54) is 24.3 Å². The summed E-state index contributed by atoms with van der Waals surface area (Å²) in [6.07, 6.45) is 0.754. The molecule has 0 aliphatic rings. The number of nitrogens with one attached hydrogen (secondary N) is 2.